The zero-order valence-corrected chi connectivity index (χ0v) is 7.23. The van der Waals surface area contributed by atoms with E-state index in [9.17, 15) is 0 Å². The lowest BCUT2D eigenvalue weighted by atomic mass is 10.3. The van der Waals surface area contributed by atoms with Gasteiger partial charge in [0, 0.05) is 11.4 Å². The van der Waals surface area contributed by atoms with Gasteiger partial charge in [-0.05, 0) is 24.3 Å². The Bertz CT molecular complexity index is 327. The zero-order valence-electron chi connectivity index (χ0n) is 7.23. The molecule has 1 aliphatic heterocycles. The summed E-state index contributed by atoms with van der Waals surface area (Å²) in [6.45, 7) is 0.645. The van der Waals surface area contributed by atoms with E-state index < -0.39 is 0 Å². The number of nitrogens with one attached hydrogen (secondary N) is 1. The lowest BCUT2D eigenvalue weighted by Gasteiger charge is -2.10. The summed E-state index contributed by atoms with van der Waals surface area (Å²) >= 11 is 0. The van der Waals surface area contributed by atoms with Crippen LogP contribution in [0.5, 0.6) is 0 Å². The van der Waals surface area contributed by atoms with E-state index in [1.807, 2.05) is 42.5 Å². The molecule has 66 valence electrons. The number of rotatable bonds is 2. The van der Waals surface area contributed by atoms with Gasteiger partial charge in [0.2, 0.25) is 0 Å². The highest BCUT2D eigenvalue weighted by molar-refractivity contribution is 5.50. The quantitative estimate of drug-likeness (QED) is 0.742. The van der Waals surface area contributed by atoms with Crippen molar-refractivity contribution in [2.75, 3.05) is 11.9 Å². The molecule has 0 radical (unpaired) electrons. The van der Waals surface area contributed by atoms with Gasteiger partial charge in [-0.1, -0.05) is 18.2 Å². The van der Waals surface area contributed by atoms with Gasteiger partial charge in [0.15, 0.2) is 0 Å². The molecule has 0 amide bonds. The number of hydrogen-bond donors (Lipinski definition) is 1. The number of para-hydroxylation sites is 1. The lowest BCUT2D eigenvalue weighted by Crippen LogP contribution is -2.01. The molecule has 0 unspecified atom stereocenters. The molecule has 2 nitrogen and oxygen atoms in total. The lowest BCUT2D eigenvalue weighted by molar-refractivity contribution is 0.284. The van der Waals surface area contributed by atoms with Gasteiger partial charge >= 0.3 is 0 Å². The Kier molecular flexibility index (Phi) is 2.32. The van der Waals surface area contributed by atoms with Crippen molar-refractivity contribution in [3.8, 4) is 0 Å². The largest absolute Gasteiger partial charge is 0.497 e. The van der Waals surface area contributed by atoms with Crippen LogP contribution in [0.2, 0.25) is 0 Å². The van der Waals surface area contributed by atoms with Crippen molar-refractivity contribution >= 4 is 5.69 Å². The maximum Gasteiger partial charge on any atom is 0.108 e. The average Bonchev–Trinajstić information content (AvgIpc) is 2.21. The molecule has 0 saturated heterocycles. The second-order valence-electron chi connectivity index (χ2n) is 2.79. The monoisotopic (exact) mass is 173 g/mol. The minimum atomic E-state index is 0.645. The Morgan fingerprint density at radius 1 is 1.15 bits per heavy atom. The van der Waals surface area contributed by atoms with Gasteiger partial charge in [-0.15, -0.1) is 0 Å². The maximum atomic E-state index is 5.04. The van der Waals surface area contributed by atoms with E-state index in [-0.39, 0.29) is 0 Å². The molecule has 1 N–H and O–H groups in total. The minimum absolute atomic E-state index is 0.645. The van der Waals surface area contributed by atoms with Crippen molar-refractivity contribution in [1.29, 1.82) is 0 Å². The van der Waals surface area contributed by atoms with Gasteiger partial charge in [-0.2, -0.15) is 0 Å². The molecule has 0 atom stereocenters. The first-order chi connectivity index (χ1) is 6.45. The molecule has 2 heteroatoms. The molecule has 0 aliphatic carbocycles. The second-order valence-corrected chi connectivity index (χ2v) is 2.79. The topological polar surface area (TPSA) is 21.3 Å². The van der Waals surface area contributed by atoms with Crippen LogP contribution in [0.15, 0.2) is 54.4 Å². The van der Waals surface area contributed by atoms with Crippen LogP contribution < -0.4 is 5.32 Å². The van der Waals surface area contributed by atoms with Gasteiger partial charge < -0.3 is 10.1 Å². The Labute approximate surface area is 77.5 Å². The number of ether oxygens (including phenoxy) is 1. The van der Waals surface area contributed by atoms with Crippen molar-refractivity contribution in [2.45, 2.75) is 0 Å². The summed E-state index contributed by atoms with van der Waals surface area (Å²) in [5.74, 6) is 0. The summed E-state index contributed by atoms with van der Waals surface area (Å²) in [6, 6.07) is 10.1. The van der Waals surface area contributed by atoms with Gasteiger partial charge in [0.05, 0.1) is 6.26 Å². The molecular formula is C11H11NO. The van der Waals surface area contributed by atoms with Gasteiger partial charge in [-0.25, -0.2) is 0 Å². The molecule has 0 spiro atoms. The van der Waals surface area contributed by atoms with Crippen LogP contribution in [0.1, 0.15) is 0 Å². The first-order valence-corrected chi connectivity index (χ1v) is 4.25. The van der Waals surface area contributed by atoms with Gasteiger partial charge in [-0.3, -0.25) is 0 Å². The van der Waals surface area contributed by atoms with Crippen molar-refractivity contribution in [3.63, 3.8) is 0 Å². The summed E-state index contributed by atoms with van der Waals surface area (Å²) in [5, 5.41) is 3.28. The van der Waals surface area contributed by atoms with Gasteiger partial charge in [0.25, 0.3) is 0 Å². The van der Waals surface area contributed by atoms with E-state index in [0.717, 1.165) is 11.4 Å². The summed E-state index contributed by atoms with van der Waals surface area (Å²) in [7, 11) is 0. The first-order valence-electron chi connectivity index (χ1n) is 4.25. The third-order valence-corrected chi connectivity index (χ3v) is 1.81. The summed E-state index contributed by atoms with van der Waals surface area (Å²) in [6.07, 6.45) is 5.62. The second kappa shape index (κ2) is 3.81. The predicted octanol–water partition coefficient (Wildman–Crippen LogP) is 2.53. The summed E-state index contributed by atoms with van der Waals surface area (Å²) < 4.78 is 5.04. The van der Waals surface area contributed by atoms with E-state index in [4.69, 9.17) is 4.74 Å². The van der Waals surface area contributed by atoms with Crippen molar-refractivity contribution < 1.29 is 4.74 Å². The number of hydrogen-bond acceptors (Lipinski definition) is 2. The fraction of sp³-hybridized carbons (Fsp3) is 0.0909. The minimum Gasteiger partial charge on any atom is -0.497 e. The Morgan fingerprint density at radius 3 is 2.69 bits per heavy atom. The Balaban J connectivity index is 2.06. The maximum absolute atomic E-state index is 5.04. The van der Waals surface area contributed by atoms with Crippen molar-refractivity contribution in [2.24, 2.45) is 0 Å². The molecule has 2 rings (SSSR count). The van der Waals surface area contributed by atoms with E-state index in [1.54, 1.807) is 6.26 Å². The highest BCUT2D eigenvalue weighted by Crippen LogP contribution is 2.11. The van der Waals surface area contributed by atoms with Crippen LogP contribution in [-0.4, -0.2) is 6.61 Å². The highest BCUT2D eigenvalue weighted by atomic mass is 16.5. The third kappa shape index (κ3) is 2.12. The van der Waals surface area contributed by atoms with Crippen LogP contribution in [0.25, 0.3) is 0 Å². The van der Waals surface area contributed by atoms with Gasteiger partial charge in [0.1, 0.15) is 6.61 Å². The normalized spacial score (nSPS) is 14.6. The van der Waals surface area contributed by atoms with Crippen molar-refractivity contribution in [3.05, 3.63) is 54.4 Å². The SMILES string of the molecule is C1=CC(Nc2ccccc2)=CCO1. The first kappa shape index (κ1) is 7.92. The molecule has 0 fully saturated rings. The standard InChI is InChI=1S/C11H11NO/c1-2-4-10(5-3-1)12-11-6-8-13-9-7-11/h1-8,12H,9H2. The molecule has 13 heavy (non-hydrogen) atoms. The molecule has 0 aromatic heterocycles. The third-order valence-electron chi connectivity index (χ3n) is 1.81. The average molecular weight is 173 g/mol. The molecular weight excluding hydrogens is 162 g/mol. The number of benzene rings is 1. The Morgan fingerprint density at radius 2 is 2.00 bits per heavy atom. The number of allylic oxidation sites excluding steroid dienone is 1. The fourth-order valence-electron chi connectivity index (χ4n) is 1.16. The Hall–Kier alpha value is -1.70. The highest BCUT2D eigenvalue weighted by Gasteiger charge is 1.96. The van der Waals surface area contributed by atoms with Crippen LogP contribution in [0, 0.1) is 0 Å². The summed E-state index contributed by atoms with van der Waals surface area (Å²) in [5.41, 5.74) is 2.18. The van der Waals surface area contributed by atoms with Crippen molar-refractivity contribution in [1.82, 2.24) is 0 Å². The zero-order chi connectivity index (χ0) is 8.93. The predicted molar refractivity (Wildman–Crippen MR) is 53.2 cm³/mol. The smallest absolute Gasteiger partial charge is 0.108 e. The molecule has 0 bridgehead atoms. The van der Waals surface area contributed by atoms with E-state index in [1.165, 1.54) is 0 Å². The van der Waals surface area contributed by atoms with E-state index in [0.29, 0.717) is 6.61 Å². The van der Waals surface area contributed by atoms with Crippen LogP contribution >= 0.6 is 0 Å². The van der Waals surface area contributed by atoms with Crippen LogP contribution in [0.3, 0.4) is 0 Å². The van der Waals surface area contributed by atoms with Crippen LogP contribution in [-0.2, 0) is 4.74 Å². The summed E-state index contributed by atoms with van der Waals surface area (Å²) in [4.78, 5) is 0. The van der Waals surface area contributed by atoms with E-state index >= 15 is 0 Å². The molecule has 1 heterocycles. The molecule has 1 aliphatic rings. The number of anilines is 1. The molecule has 0 saturated carbocycles. The van der Waals surface area contributed by atoms with E-state index in [2.05, 4.69) is 5.32 Å². The van der Waals surface area contributed by atoms with Crippen LogP contribution in [0.4, 0.5) is 5.69 Å². The molecule has 1 aromatic rings. The molecule has 1 aromatic carbocycles. The fourth-order valence-corrected chi connectivity index (χ4v) is 1.16.